The zero-order valence-electron chi connectivity index (χ0n) is 15.2. The Morgan fingerprint density at radius 1 is 1.25 bits per heavy atom. The summed E-state index contributed by atoms with van der Waals surface area (Å²) in [5.74, 6) is -0.165. The van der Waals surface area contributed by atoms with Gasteiger partial charge in [-0.2, -0.15) is 0 Å². The largest absolute Gasteiger partial charge is 0.444 e. The van der Waals surface area contributed by atoms with Crippen molar-refractivity contribution in [3.05, 3.63) is 48.6 Å². The van der Waals surface area contributed by atoms with Crippen molar-refractivity contribution >= 4 is 11.9 Å². The summed E-state index contributed by atoms with van der Waals surface area (Å²) in [5, 5.41) is 2.89. The van der Waals surface area contributed by atoms with E-state index in [1.807, 2.05) is 58.0 Å². The fourth-order valence-corrected chi connectivity index (χ4v) is 2.59. The van der Waals surface area contributed by atoms with Crippen LogP contribution in [0.15, 0.2) is 43.0 Å². The van der Waals surface area contributed by atoms with Crippen LogP contribution in [0.2, 0.25) is 0 Å². The number of benzene rings is 1. The van der Waals surface area contributed by atoms with Gasteiger partial charge in [-0.25, -0.2) is 4.79 Å². The van der Waals surface area contributed by atoms with Gasteiger partial charge in [-0.1, -0.05) is 43.3 Å². The number of ether oxygens (including phenoxy) is 1. The molecule has 4 heteroatoms. The maximum absolute atomic E-state index is 12.6. The van der Waals surface area contributed by atoms with E-state index in [4.69, 9.17) is 4.74 Å². The van der Waals surface area contributed by atoms with Gasteiger partial charge in [0, 0.05) is 12.3 Å². The van der Waals surface area contributed by atoms with Gasteiger partial charge in [0.05, 0.1) is 6.04 Å². The van der Waals surface area contributed by atoms with Crippen molar-refractivity contribution in [3.8, 4) is 0 Å². The van der Waals surface area contributed by atoms with E-state index in [0.29, 0.717) is 19.3 Å². The van der Waals surface area contributed by atoms with E-state index < -0.39 is 17.7 Å². The molecular formula is C20H29NO3. The van der Waals surface area contributed by atoms with Crippen LogP contribution in [0.3, 0.4) is 0 Å². The Labute approximate surface area is 145 Å². The number of alkyl carbamates (subject to hydrolysis) is 1. The van der Waals surface area contributed by atoms with Crippen LogP contribution < -0.4 is 5.32 Å². The number of hydrogen-bond donors (Lipinski definition) is 1. The summed E-state index contributed by atoms with van der Waals surface area (Å²) in [4.78, 5) is 24.8. The van der Waals surface area contributed by atoms with E-state index in [-0.39, 0.29) is 11.7 Å². The number of carbonyl (C=O) groups is 2. The summed E-state index contributed by atoms with van der Waals surface area (Å²) in [7, 11) is 0. The van der Waals surface area contributed by atoms with Gasteiger partial charge in [-0.3, -0.25) is 4.79 Å². The van der Waals surface area contributed by atoms with Crippen LogP contribution in [0.4, 0.5) is 4.79 Å². The van der Waals surface area contributed by atoms with E-state index in [2.05, 4.69) is 11.9 Å². The molecular weight excluding hydrogens is 302 g/mol. The lowest BCUT2D eigenvalue weighted by atomic mass is 9.86. The predicted molar refractivity (Wildman–Crippen MR) is 96.8 cm³/mol. The van der Waals surface area contributed by atoms with Crippen LogP contribution in [0, 0.1) is 5.92 Å². The first-order valence-electron chi connectivity index (χ1n) is 8.46. The van der Waals surface area contributed by atoms with Crippen molar-refractivity contribution in [2.45, 2.75) is 58.6 Å². The summed E-state index contributed by atoms with van der Waals surface area (Å²) < 4.78 is 5.37. The number of rotatable bonds is 8. The second-order valence-corrected chi connectivity index (χ2v) is 6.84. The minimum atomic E-state index is -0.583. The summed E-state index contributed by atoms with van der Waals surface area (Å²) in [5.41, 5.74) is 0.321. The van der Waals surface area contributed by atoms with Gasteiger partial charge >= 0.3 is 6.09 Å². The summed E-state index contributed by atoms with van der Waals surface area (Å²) in [6, 6.07) is 9.16. The normalized spacial score (nSPS) is 13.7. The molecule has 24 heavy (non-hydrogen) atoms. The topological polar surface area (TPSA) is 55.4 Å². The number of allylic oxidation sites excluding steroid dienone is 1. The minimum Gasteiger partial charge on any atom is -0.444 e. The number of hydrogen-bond acceptors (Lipinski definition) is 3. The summed E-state index contributed by atoms with van der Waals surface area (Å²) in [6.07, 6.45) is 2.95. The Bertz CT molecular complexity index is 546. The predicted octanol–water partition coefficient (Wildman–Crippen LogP) is 4.81. The number of ketones is 1. The van der Waals surface area contributed by atoms with Gasteiger partial charge in [0.15, 0.2) is 0 Å². The van der Waals surface area contributed by atoms with E-state index >= 15 is 0 Å². The fourth-order valence-electron chi connectivity index (χ4n) is 2.59. The van der Waals surface area contributed by atoms with Gasteiger partial charge in [-0.15, -0.1) is 6.58 Å². The highest BCUT2D eigenvalue weighted by molar-refractivity contribution is 5.83. The third-order valence-electron chi connectivity index (χ3n) is 3.68. The van der Waals surface area contributed by atoms with E-state index in [9.17, 15) is 9.59 Å². The standard InChI is InChI=1S/C20H29NO3/c1-6-8-14-17(22)16(7-2)18(15-12-10-9-11-13-15)21-19(23)24-20(3,4)5/h6,9-13,16,18H,1,7-8,14H2,2-5H3,(H,21,23)/t16-,18+/m0/s1. The first-order valence-corrected chi connectivity index (χ1v) is 8.46. The first kappa shape index (κ1) is 19.9. The number of nitrogens with one attached hydrogen (secondary N) is 1. The second-order valence-electron chi connectivity index (χ2n) is 6.84. The van der Waals surface area contributed by atoms with Crippen molar-refractivity contribution in [2.24, 2.45) is 5.92 Å². The molecule has 1 aromatic rings. The van der Waals surface area contributed by atoms with Crippen molar-refractivity contribution in [1.82, 2.24) is 5.32 Å². The van der Waals surface area contributed by atoms with Gasteiger partial charge in [-0.05, 0) is 39.2 Å². The number of carbonyl (C=O) groups excluding carboxylic acids is 2. The molecule has 0 aromatic heterocycles. The van der Waals surface area contributed by atoms with Crippen LogP contribution >= 0.6 is 0 Å². The molecule has 1 rings (SSSR count). The molecule has 1 N–H and O–H groups in total. The fraction of sp³-hybridized carbons (Fsp3) is 0.500. The first-order chi connectivity index (χ1) is 11.3. The van der Waals surface area contributed by atoms with Crippen LogP contribution in [-0.4, -0.2) is 17.5 Å². The molecule has 0 saturated carbocycles. The highest BCUT2D eigenvalue weighted by Gasteiger charge is 2.30. The molecule has 0 aliphatic heterocycles. The quantitative estimate of drug-likeness (QED) is 0.695. The Balaban J connectivity index is 3.02. The van der Waals surface area contributed by atoms with Crippen molar-refractivity contribution < 1.29 is 14.3 Å². The molecule has 0 unspecified atom stereocenters. The summed E-state index contributed by atoms with van der Waals surface area (Å²) >= 11 is 0. The maximum atomic E-state index is 12.6. The molecule has 1 amide bonds. The van der Waals surface area contributed by atoms with Gasteiger partial charge in [0.2, 0.25) is 0 Å². The lowest BCUT2D eigenvalue weighted by molar-refractivity contribution is -0.123. The van der Waals surface area contributed by atoms with Crippen molar-refractivity contribution in [2.75, 3.05) is 0 Å². The van der Waals surface area contributed by atoms with E-state index in [1.165, 1.54) is 0 Å². The number of Topliss-reactive ketones (excluding diaryl/α,β-unsaturated/α-hetero) is 1. The van der Waals surface area contributed by atoms with E-state index in [1.54, 1.807) is 6.08 Å². The van der Waals surface area contributed by atoms with Crippen LogP contribution in [0.5, 0.6) is 0 Å². The van der Waals surface area contributed by atoms with Gasteiger partial charge < -0.3 is 10.1 Å². The maximum Gasteiger partial charge on any atom is 0.408 e. The highest BCUT2D eigenvalue weighted by atomic mass is 16.6. The van der Waals surface area contributed by atoms with Crippen LogP contribution in [0.25, 0.3) is 0 Å². The van der Waals surface area contributed by atoms with Gasteiger partial charge in [0.25, 0.3) is 0 Å². The molecule has 0 aliphatic rings. The molecule has 0 spiro atoms. The Morgan fingerprint density at radius 3 is 2.38 bits per heavy atom. The third kappa shape index (κ3) is 6.57. The Morgan fingerprint density at radius 2 is 1.88 bits per heavy atom. The molecule has 0 bridgehead atoms. The zero-order chi connectivity index (χ0) is 18.2. The Hall–Kier alpha value is -2.10. The second kappa shape index (κ2) is 9.26. The minimum absolute atomic E-state index is 0.127. The van der Waals surface area contributed by atoms with Crippen molar-refractivity contribution in [1.29, 1.82) is 0 Å². The molecule has 2 atom stereocenters. The zero-order valence-corrected chi connectivity index (χ0v) is 15.2. The SMILES string of the molecule is C=CCCC(=O)[C@H](CC)[C@H](NC(=O)OC(C)(C)C)c1ccccc1. The number of amides is 1. The molecule has 0 radical (unpaired) electrons. The Kier molecular flexibility index (Phi) is 7.69. The van der Waals surface area contributed by atoms with Crippen molar-refractivity contribution in [3.63, 3.8) is 0 Å². The molecule has 0 heterocycles. The molecule has 4 nitrogen and oxygen atoms in total. The van der Waals surface area contributed by atoms with E-state index in [0.717, 1.165) is 5.56 Å². The molecule has 0 fully saturated rings. The third-order valence-corrected chi connectivity index (χ3v) is 3.68. The molecule has 0 aliphatic carbocycles. The molecule has 132 valence electrons. The average molecular weight is 331 g/mol. The average Bonchev–Trinajstić information content (AvgIpc) is 2.51. The van der Waals surface area contributed by atoms with Gasteiger partial charge in [0.1, 0.15) is 11.4 Å². The lowest BCUT2D eigenvalue weighted by Gasteiger charge is -2.28. The monoisotopic (exact) mass is 331 g/mol. The van der Waals surface area contributed by atoms with Crippen LogP contribution in [-0.2, 0) is 9.53 Å². The van der Waals surface area contributed by atoms with Crippen LogP contribution in [0.1, 0.15) is 58.6 Å². The molecule has 1 aromatic carbocycles. The lowest BCUT2D eigenvalue weighted by Crippen LogP contribution is -2.39. The summed E-state index contributed by atoms with van der Waals surface area (Å²) in [6.45, 7) is 11.1. The highest BCUT2D eigenvalue weighted by Crippen LogP contribution is 2.27. The smallest absolute Gasteiger partial charge is 0.408 e. The molecule has 0 saturated heterocycles.